The second-order valence-electron chi connectivity index (χ2n) is 4.44. The molecule has 0 aliphatic carbocycles. The van der Waals surface area contributed by atoms with Crippen LogP contribution in [0.5, 0.6) is 0 Å². The van der Waals surface area contributed by atoms with Crippen molar-refractivity contribution in [3.63, 3.8) is 0 Å². The summed E-state index contributed by atoms with van der Waals surface area (Å²) in [6, 6.07) is 8.07. The van der Waals surface area contributed by atoms with E-state index in [1.54, 1.807) is 0 Å². The van der Waals surface area contributed by atoms with Crippen LogP contribution >= 0.6 is 11.6 Å². The Morgan fingerprint density at radius 2 is 2.25 bits per heavy atom. The predicted octanol–water partition coefficient (Wildman–Crippen LogP) is 2.64. The normalized spacial score (nSPS) is 23.0. The lowest BCUT2D eigenvalue weighted by Crippen LogP contribution is -2.37. The van der Waals surface area contributed by atoms with Gasteiger partial charge in [0.05, 0.1) is 6.61 Å². The minimum absolute atomic E-state index is 0.153. The molecule has 1 aromatic carbocycles. The summed E-state index contributed by atoms with van der Waals surface area (Å²) in [5.74, 6) is 0.477. The fraction of sp³-hybridized carbons (Fsp3) is 0.538. The molecule has 2 atom stereocenters. The Hall–Kier alpha value is -0.570. The molecular weight excluding hydrogens is 222 g/mol. The molecular formula is C13H18ClNO. The first kappa shape index (κ1) is 11.9. The van der Waals surface area contributed by atoms with Crippen LogP contribution in [0, 0.1) is 5.92 Å². The molecule has 2 unspecified atom stereocenters. The number of nitrogens with two attached hydrogens (primary N) is 1. The van der Waals surface area contributed by atoms with Crippen LogP contribution in [-0.2, 0) is 11.2 Å². The molecule has 0 saturated carbocycles. The molecule has 1 fully saturated rings. The van der Waals surface area contributed by atoms with Crippen LogP contribution in [0.1, 0.15) is 18.4 Å². The van der Waals surface area contributed by atoms with Gasteiger partial charge in [0.25, 0.3) is 0 Å². The van der Waals surface area contributed by atoms with Crippen LogP contribution in [0.4, 0.5) is 0 Å². The van der Waals surface area contributed by atoms with Crippen LogP contribution in [0.25, 0.3) is 0 Å². The summed E-state index contributed by atoms with van der Waals surface area (Å²) in [7, 11) is 0. The van der Waals surface area contributed by atoms with Gasteiger partial charge in [-0.3, -0.25) is 0 Å². The molecule has 0 bridgehead atoms. The molecule has 1 saturated heterocycles. The monoisotopic (exact) mass is 239 g/mol. The molecule has 1 heterocycles. The summed E-state index contributed by atoms with van der Waals surface area (Å²) in [4.78, 5) is 0. The molecule has 3 heteroatoms. The van der Waals surface area contributed by atoms with Crippen molar-refractivity contribution in [1.82, 2.24) is 0 Å². The van der Waals surface area contributed by atoms with Crippen molar-refractivity contribution in [2.75, 3.05) is 13.2 Å². The Morgan fingerprint density at radius 3 is 2.94 bits per heavy atom. The smallest absolute Gasteiger partial charge is 0.0509 e. The molecule has 88 valence electrons. The number of halogens is 1. The molecule has 2 rings (SSSR count). The Kier molecular flexibility index (Phi) is 4.22. The SMILES string of the molecule is NC(Cc1ccccc1Cl)C1CCCOC1. The van der Waals surface area contributed by atoms with E-state index in [1.807, 2.05) is 24.3 Å². The van der Waals surface area contributed by atoms with E-state index in [2.05, 4.69) is 0 Å². The van der Waals surface area contributed by atoms with E-state index in [9.17, 15) is 0 Å². The highest BCUT2D eigenvalue weighted by atomic mass is 35.5. The minimum atomic E-state index is 0.153. The summed E-state index contributed by atoms with van der Waals surface area (Å²) in [5, 5.41) is 0.815. The third-order valence-corrected chi connectivity index (χ3v) is 3.58. The molecule has 0 radical (unpaired) electrons. The molecule has 0 aromatic heterocycles. The molecule has 1 aliphatic heterocycles. The Morgan fingerprint density at radius 1 is 1.44 bits per heavy atom. The molecule has 1 aliphatic rings. The van der Waals surface area contributed by atoms with Crippen LogP contribution in [0.2, 0.25) is 5.02 Å². The maximum Gasteiger partial charge on any atom is 0.0509 e. The van der Waals surface area contributed by atoms with Crippen LogP contribution < -0.4 is 5.73 Å². The first-order valence-corrected chi connectivity index (χ1v) is 6.22. The van der Waals surface area contributed by atoms with Gasteiger partial charge in [-0.25, -0.2) is 0 Å². The van der Waals surface area contributed by atoms with Gasteiger partial charge in [0, 0.05) is 17.7 Å². The molecule has 2 N–H and O–H groups in total. The van der Waals surface area contributed by atoms with E-state index in [-0.39, 0.29) is 6.04 Å². The van der Waals surface area contributed by atoms with Gasteiger partial charge < -0.3 is 10.5 Å². The highest BCUT2D eigenvalue weighted by molar-refractivity contribution is 6.31. The summed E-state index contributed by atoms with van der Waals surface area (Å²) < 4.78 is 5.46. The fourth-order valence-electron chi connectivity index (χ4n) is 2.19. The second-order valence-corrected chi connectivity index (χ2v) is 4.84. The quantitative estimate of drug-likeness (QED) is 0.880. The molecule has 2 nitrogen and oxygen atoms in total. The molecule has 0 spiro atoms. The lowest BCUT2D eigenvalue weighted by molar-refractivity contribution is 0.0450. The largest absolute Gasteiger partial charge is 0.381 e. The Balaban J connectivity index is 1.96. The standard InChI is InChI=1S/C13H18ClNO/c14-12-6-2-1-4-10(12)8-13(15)11-5-3-7-16-9-11/h1-2,4,6,11,13H,3,5,7-9,15H2. The number of ether oxygens (including phenoxy) is 1. The van der Waals surface area contributed by atoms with E-state index >= 15 is 0 Å². The number of hydrogen-bond donors (Lipinski definition) is 1. The average Bonchev–Trinajstić information content (AvgIpc) is 2.33. The lowest BCUT2D eigenvalue weighted by Gasteiger charge is -2.27. The van der Waals surface area contributed by atoms with Gasteiger partial charge in [-0.05, 0) is 36.8 Å². The van der Waals surface area contributed by atoms with Gasteiger partial charge in [0.15, 0.2) is 0 Å². The third-order valence-electron chi connectivity index (χ3n) is 3.21. The van der Waals surface area contributed by atoms with E-state index < -0.39 is 0 Å². The average molecular weight is 240 g/mol. The van der Waals surface area contributed by atoms with Crippen molar-refractivity contribution in [1.29, 1.82) is 0 Å². The highest BCUT2D eigenvalue weighted by Crippen LogP contribution is 2.22. The molecule has 0 amide bonds. The number of rotatable bonds is 3. The maximum absolute atomic E-state index is 6.21. The van der Waals surface area contributed by atoms with Gasteiger partial charge in [-0.15, -0.1) is 0 Å². The van der Waals surface area contributed by atoms with Crippen molar-refractivity contribution >= 4 is 11.6 Å². The van der Waals surface area contributed by atoms with Gasteiger partial charge >= 0.3 is 0 Å². The van der Waals surface area contributed by atoms with Crippen molar-refractivity contribution < 1.29 is 4.74 Å². The van der Waals surface area contributed by atoms with Crippen molar-refractivity contribution in [2.45, 2.75) is 25.3 Å². The second kappa shape index (κ2) is 5.67. The fourth-order valence-corrected chi connectivity index (χ4v) is 2.40. The van der Waals surface area contributed by atoms with Crippen molar-refractivity contribution in [3.8, 4) is 0 Å². The van der Waals surface area contributed by atoms with Gasteiger partial charge in [0.2, 0.25) is 0 Å². The summed E-state index contributed by atoms with van der Waals surface area (Å²) in [5.41, 5.74) is 7.35. The van der Waals surface area contributed by atoms with Crippen molar-refractivity contribution in [3.05, 3.63) is 34.9 Å². The van der Waals surface area contributed by atoms with E-state index in [0.29, 0.717) is 5.92 Å². The zero-order valence-electron chi connectivity index (χ0n) is 9.36. The lowest BCUT2D eigenvalue weighted by atomic mass is 9.90. The molecule has 16 heavy (non-hydrogen) atoms. The number of benzene rings is 1. The molecule has 1 aromatic rings. The first-order chi connectivity index (χ1) is 7.77. The maximum atomic E-state index is 6.21. The van der Waals surface area contributed by atoms with Crippen molar-refractivity contribution in [2.24, 2.45) is 11.7 Å². The van der Waals surface area contributed by atoms with E-state index in [1.165, 1.54) is 6.42 Å². The van der Waals surface area contributed by atoms with Crippen LogP contribution in [0.3, 0.4) is 0 Å². The topological polar surface area (TPSA) is 35.2 Å². The highest BCUT2D eigenvalue weighted by Gasteiger charge is 2.21. The van der Waals surface area contributed by atoms with E-state index in [4.69, 9.17) is 22.1 Å². The predicted molar refractivity (Wildman–Crippen MR) is 66.7 cm³/mol. The van der Waals surface area contributed by atoms with Crippen LogP contribution in [0.15, 0.2) is 24.3 Å². The van der Waals surface area contributed by atoms with Gasteiger partial charge in [0.1, 0.15) is 0 Å². The zero-order chi connectivity index (χ0) is 11.4. The summed E-state index contributed by atoms with van der Waals surface area (Å²) in [6.07, 6.45) is 3.14. The van der Waals surface area contributed by atoms with E-state index in [0.717, 1.165) is 36.6 Å². The zero-order valence-corrected chi connectivity index (χ0v) is 10.1. The summed E-state index contributed by atoms with van der Waals surface area (Å²) >= 11 is 6.12. The Bertz CT molecular complexity index is 336. The first-order valence-electron chi connectivity index (χ1n) is 5.84. The van der Waals surface area contributed by atoms with Gasteiger partial charge in [-0.1, -0.05) is 29.8 Å². The Labute approximate surface area is 102 Å². The summed E-state index contributed by atoms with van der Waals surface area (Å²) in [6.45, 7) is 1.68. The third kappa shape index (κ3) is 2.97. The van der Waals surface area contributed by atoms with Crippen LogP contribution in [-0.4, -0.2) is 19.3 Å². The number of hydrogen-bond acceptors (Lipinski definition) is 2. The van der Waals surface area contributed by atoms with Gasteiger partial charge in [-0.2, -0.15) is 0 Å². The minimum Gasteiger partial charge on any atom is -0.381 e.